The van der Waals surface area contributed by atoms with Gasteiger partial charge >= 0.3 is 6.18 Å². The van der Waals surface area contributed by atoms with Crippen LogP contribution in [0.4, 0.5) is 13.2 Å². The van der Waals surface area contributed by atoms with Crippen LogP contribution in [0, 0.1) is 5.92 Å². The van der Waals surface area contributed by atoms with Crippen LogP contribution in [0.25, 0.3) is 11.3 Å². The first-order valence-corrected chi connectivity index (χ1v) is 10.3. The number of nitrogens with zero attached hydrogens (tertiary/aromatic N) is 4. The molecule has 2 aliphatic rings. The van der Waals surface area contributed by atoms with Gasteiger partial charge in [-0.2, -0.15) is 13.2 Å². The Bertz CT molecular complexity index is 1120. The second-order valence-corrected chi connectivity index (χ2v) is 8.02. The van der Waals surface area contributed by atoms with Crippen LogP contribution >= 0.6 is 0 Å². The van der Waals surface area contributed by atoms with E-state index in [0.717, 1.165) is 30.7 Å². The molecule has 1 aliphatic heterocycles. The van der Waals surface area contributed by atoms with Gasteiger partial charge in [0.2, 0.25) is 5.88 Å². The quantitative estimate of drug-likeness (QED) is 0.607. The molecule has 2 bridgehead atoms. The number of carbonyl (C=O) groups excluding carboxylic acids is 1. The second kappa shape index (κ2) is 7.89. The maximum absolute atomic E-state index is 13.4. The predicted octanol–water partition coefficient (Wildman–Crippen LogP) is 4.24. The fourth-order valence-corrected chi connectivity index (χ4v) is 4.54. The molecule has 0 N–H and O–H groups in total. The summed E-state index contributed by atoms with van der Waals surface area (Å²) < 4.78 is 44.2. The number of hydrogen-bond donors (Lipinski definition) is 0. The van der Waals surface area contributed by atoms with Crippen molar-refractivity contribution in [2.24, 2.45) is 5.92 Å². The van der Waals surface area contributed by atoms with Gasteiger partial charge in [0, 0.05) is 36.8 Å². The number of ether oxygens (including phenoxy) is 1. The lowest BCUT2D eigenvalue weighted by Gasteiger charge is -2.33. The van der Waals surface area contributed by atoms with Gasteiger partial charge < -0.3 is 9.64 Å². The number of carbonyl (C=O) groups is 1. The van der Waals surface area contributed by atoms with Crippen molar-refractivity contribution in [3.8, 4) is 17.1 Å². The minimum absolute atomic E-state index is 0.118. The minimum atomic E-state index is -4.45. The van der Waals surface area contributed by atoms with E-state index in [1.165, 1.54) is 12.3 Å². The molecule has 2 aromatic heterocycles. The van der Waals surface area contributed by atoms with Crippen molar-refractivity contribution in [1.29, 1.82) is 0 Å². The van der Waals surface area contributed by atoms with E-state index < -0.39 is 11.7 Å². The summed E-state index contributed by atoms with van der Waals surface area (Å²) >= 11 is 0. The van der Waals surface area contributed by atoms with Crippen LogP contribution < -0.4 is 4.74 Å². The molecule has 5 rings (SSSR count). The number of halogens is 3. The van der Waals surface area contributed by atoms with E-state index in [1.807, 2.05) is 30.3 Å². The third-order valence-electron chi connectivity index (χ3n) is 5.97. The molecule has 164 valence electrons. The van der Waals surface area contributed by atoms with Crippen molar-refractivity contribution >= 4 is 5.91 Å². The lowest BCUT2D eigenvalue weighted by Crippen LogP contribution is -2.47. The van der Waals surface area contributed by atoms with Crippen LogP contribution in [-0.2, 0) is 6.18 Å². The SMILES string of the molecule is O=C(c1nccnc1-c1ccccc1)N1CC2CC(Oc3ccc(C(F)(F)F)cn3)C1C2. The van der Waals surface area contributed by atoms with Crippen LogP contribution in [0.5, 0.6) is 5.88 Å². The zero-order chi connectivity index (χ0) is 22.3. The van der Waals surface area contributed by atoms with E-state index >= 15 is 0 Å². The Kier molecular flexibility index (Phi) is 5.03. The molecule has 1 saturated heterocycles. The average molecular weight is 440 g/mol. The Balaban J connectivity index is 1.35. The van der Waals surface area contributed by atoms with Gasteiger partial charge in [-0.3, -0.25) is 9.78 Å². The zero-order valence-electron chi connectivity index (χ0n) is 16.9. The highest BCUT2D eigenvalue weighted by molar-refractivity contribution is 5.98. The smallest absolute Gasteiger partial charge is 0.417 e. The van der Waals surface area contributed by atoms with E-state index in [4.69, 9.17) is 4.74 Å². The largest absolute Gasteiger partial charge is 0.472 e. The van der Waals surface area contributed by atoms with Gasteiger partial charge in [0.15, 0.2) is 5.69 Å². The molecule has 3 atom stereocenters. The summed E-state index contributed by atoms with van der Waals surface area (Å²) in [6.45, 7) is 0.592. The van der Waals surface area contributed by atoms with Crippen LogP contribution in [-0.4, -0.2) is 44.4 Å². The molecule has 3 aromatic rings. The summed E-state index contributed by atoms with van der Waals surface area (Å²) in [4.78, 5) is 27.7. The summed E-state index contributed by atoms with van der Waals surface area (Å²) in [7, 11) is 0. The monoisotopic (exact) mass is 440 g/mol. The highest BCUT2D eigenvalue weighted by Gasteiger charge is 2.49. The van der Waals surface area contributed by atoms with Gasteiger partial charge in [0.25, 0.3) is 5.91 Å². The topological polar surface area (TPSA) is 68.2 Å². The normalized spacial score (nSPS) is 22.2. The van der Waals surface area contributed by atoms with E-state index in [9.17, 15) is 18.0 Å². The van der Waals surface area contributed by atoms with Crippen LogP contribution in [0.2, 0.25) is 0 Å². The third-order valence-corrected chi connectivity index (χ3v) is 5.97. The number of pyridine rings is 1. The van der Waals surface area contributed by atoms with Gasteiger partial charge in [-0.15, -0.1) is 0 Å². The maximum Gasteiger partial charge on any atom is 0.417 e. The van der Waals surface area contributed by atoms with Gasteiger partial charge in [-0.05, 0) is 24.8 Å². The fraction of sp³-hybridized carbons (Fsp3) is 0.304. The van der Waals surface area contributed by atoms with E-state index in [1.54, 1.807) is 11.1 Å². The van der Waals surface area contributed by atoms with Crippen molar-refractivity contribution in [2.75, 3.05) is 6.54 Å². The van der Waals surface area contributed by atoms with Gasteiger partial charge in [-0.25, -0.2) is 9.97 Å². The molecule has 6 nitrogen and oxygen atoms in total. The Morgan fingerprint density at radius 2 is 1.78 bits per heavy atom. The number of amides is 1. The number of rotatable bonds is 4. The molecule has 1 aliphatic carbocycles. The van der Waals surface area contributed by atoms with E-state index in [-0.39, 0.29) is 35.5 Å². The molecule has 0 radical (unpaired) electrons. The Morgan fingerprint density at radius 3 is 2.47 bits per heavy atom. The van der Waals surface area contributed by atoms with Crippen molar-refractivity contribution in [1.82, 2.24) is 19.9 Å². The molecule has 3 heterocycles. The fourth-order valence-electron chi connectivity index (χ4n) is 4.54. The summed E-state index contributed by atoms with van der Waals surface area (Å²) in [5, 5.41) is 0. The van der Waals surface area contributed by atoms with Crippen molar-refractivity contribution in [3.63, 3.8) is 0 Å². The van der Waals surface area contributed by atoms with Crippen molar-refractivity contribution in [2.45, 2.75) is 31.2 Å². The molecule has 1 saturated carbocycles. The molecule has 32 heavy (non-hydrogen) atoms. The summed E-state index contributed by atoms with van der Waals surface area (Å²) in [6.07, 6.45) is 0.525. The lowest BCUT2D eigenvalue weighted by atomic mass is 10.1. The van der Waals surface area contributed by atoms with Crippen LogP contribution in [0.3, 0.4) is 0 Å². The molecule has 9 heteroatoms. The first-order chi connectivity index (χ1) is 15.4. The summed E-state index contributed by atoms with van der Waals surface area (Å²) in [6, 6.07) is 11.4. The van der Waals surface area contributed by atoms with E-state index in [2.05, 4.69) is 15.0 Å². The van der Waals surface area contributed by atoms with Crippen LogP contribution in [0.1, 0.15) is 28.9 Å². The molecule has 3 unspecified atom stereocenters. The highest BCUT2D eigenvalue weighted by atomic mass is 19.4. The highest BCUT2D eigenvalue weighted by Crippen LogP contribution is 2.41. The predicted molar refractivity (Wildman–Crippen MR) is 109 cm³/mol. The number of benzene rings is 1. The molecular weight excluding hydrogens is 421 g/mol. The first kappa shape index (κ1) is 20.4. The van der Waals surface area contributed by atoms with Crippen molar-refractivity contribution in [3.05, 3.63) is 72.3 Å². The summed E-state index contributed by atoms with van der Waals surface area (Å²) in [5.41, 5.74) is 0.765. The maximum atomic E-state index is 13.4. The number of fused-ring (bicyclic) bond motifs is 2. The van der Waals surface area contributed by atoms with Crippen molar-refractivity contribution < 1.29 is 22.7 Å². The number of hydrogen-bond acceptors (Lipinski definition) is 5. The van der Waals surface area contributed by atoms with Gasteiger partial charge in [0.1, 0.15) is 11.8 Å². The number of likely N-dealkylation sites (tertiary alicyclic amines) is 1. The standard InChI is InChI=1S/C23H19F3N4O2/c24-23(25,26)16-6-7-19(29-12-16)32-18-11-14-10-17(18)30(13-14)22(31)21-20(27-8-9-28-21)15-4-2-1-3-5-15/h1-9,12,14,17-18H,10-11,13H2. The number of alkyl halides is 3. The van der Waals surface area contributed by atoms with Crippen LogP contribution in [0.15, 0.2) is 61.1 Å². The number of piperidine rings is 1. The Morgan fingerprint density at radius 1 is 1.00 bits per heavy atom. The molecule has 1 amide bonds. The Labute approximate surface area is 182 Å². The molecular formula is C23H19F3N4O2. The third kappa shape index (κ3) is 3.79. The summed E-state index contributed by atoms with van der Waals surface area (Å²) in [5.74, 6) is 0.158. The second-order valence-electron chi connectivity index (χ2n) is 8.02. The van der Waals surface area contributed by atoms with Gasteiger partial charge in [-0.1, -0.05) is 30.3 Å². The minimum Gasteiger partial charge on any atom is -0.472 e. The van der Waals surface area contributed by atoms with Gasteiger partial charge in [0.05, 0.1) is 11.6 Å². The lowest BCUT2D eigenvalue weighted by molar-refractivity contribution is -0.137. The molecule has 0 spiro atoms. The molecule has 2 fully saturated rings. The van der Waals surface area contributed by atoms with E-state index in [0.29, 0.717) is 12.2 Å². The zero-order valence-corrected chi connectivity index (χ0v) is 16.9. The molecule has 1 aromatic carbocycles. The average Bonchev–Trinajstić information content (AvgIpc) is 3.40. The Hall–Kier alpha value is -3.49. The number of aromatic nitrogens is 3. The first-order valence-electron chi connectivity index (χ1n) is 10.3.